The van der Waals surface area contributed by atoms with Crippen LogP contribution in [0.25, 0.3) is 22.5 Å². The molecular formula is C25H20FN5O3. The van der Waals surface area contributed by atoms with Crippen molar-refractivity contribution < 1.29 is 18.3 Å². The van der Waals surface area contributed by atoms with Gasteiger partial charge in [-0.1, -0.05) is 6.07 Å². The molecule has 1 N–H and O–H groups in total. The summed E-state index contributed by atoms with van der Waals surface area (Å²) in [5.74, 6) is 0.190. The van der Waals surface area contributed by atoms with E-state index in [1.54, 1.807) is 60.6 Å². The number of halogens is 1. The summed E-state index contributed by atoms with van der Waals surface area (Å²) >= 11 is 0. The van der Waals surface area contributed by atoms with Gasteiger partial charge in [0.1, 0.15) is 11.4 Å². The van der Waals surface area contributed by atoms with Crippen LogP contribution in [-0.4, -0.2) is 25.7 Å². The van der Waals surface area contributed by atoms with Crippen LogP contribution < -0.4 is 10.1 Å². The van der Waals surface area contributed by atoms with Crippen LogP contribution in [0.15, 0.2) is 71.6 Å². The number of aromatic nitrogens is 4. The summed E-state index contributed by atoms with van der Waals surface area (Å²) in [5, 5.41) is 7.92. The van der Waals surface area contributed by atoms with Crippen molar-refractivity contribution in [2.45, 2.75) is 13.5 Å². The molecule has 5 aromatic rings. The molecule has 9 heteroatoms. The molecule has 0 aliphatic rings. The van der Waals surface area contributed by atoms with E-state index in [4.69, 9.17) is 9.15 Å². The first kappa shape index (κ1) is 21.3. The molecule has 1 aromatic carbocycles. The smallest absolute Gasteiger partial charge is 0.252 e. The highest BCUT2D eigenvalue weighted by atomic mass is 19.1. The highest BCUT2D eigenvalue weighted by molar-refractivity contribution is 6.07. The van der Waals surface area contributed by atoms with E-state index >= 15 is 0 Å². The summed E-state index contributed by atoms with van der Waals surface area (Å²) in [5.41, 5.74) is 2.78. The average Bonchev–Trinajstić information content (AvgIpc) is 3.48. The molecule has 34 heavy (non-hydrogen) atoms. The van der Waals surface area contributed by atoms with Gasteiger partial charge in [-0.3, -0.25) is 14.5 Å². The molecule has 0 bridgehead atoms. The van der Waals surface area contributed by atoms with E-state index in [9.17, 15) is 9.18 Å². The summed E-state index contributed by atoms with van der Waals surface area (Å²) in [6.07, 6.45) is 4.66. The molecule has 0 saturated heterocycles. The van der Waals surface area contributed by atoms with Crippen LogP contribution in [-0.2, 0) is 13.6 Å². The zero-order valence-electron chi connectivity index (χ0n) is 18.4. The van der Waals surface area contributed by atoms with Crippen LogP contribution in [0.1, 0.15) is 21.6 Å². The Morgan fingerprint density at radius 1 is 1.21 bits per heavy atom. The molecule has 0 unspecified atom stereocenters. The highest BCUT2D eigenvalue weighted by Crippen LogP contribution is 2.28. The monoisotopic (exact) mass is 457 g/mol. The largest absolute Gasteiger partial charge is 0.463 e. The van der Waals surface area contributed by atoms with E-state index in [1.165, 1.54) is 18.3 Å². The van der Waals surface area contributed by atoms with Gasteiger partial charge in [0, 0.05) is 19.8 Å². The van der Waals surface area contributed by atoms with Crippen molar-refractivity contribution >= 4 is 16.9 Å². The normalized spacial score (nSPS) is 11.0. The van der Waals surface area contributed by atoms with Gasteiger partial charge in [0.15, 0.2) is 23.0 Å². The van der Waals surface area contributed by atoms with Crippen molar-refractivity contribution in [1.29, 1.82) is 0 Å². The number of hydrogen-bond acceptors (Lipinski definition) is 6. The van der Waals surface area contributed by atoms with Crippen molar-refractivity contribution in [3.8, 4) is 23.0 Å². The van der Waals surface area contributed by atoms with Gasteiger partial charge in [-0.05, 0) is 55.0 Å². The highest BCUT2D eigenvalue weighted by Gasteiger charge is 2.20. The lowest BCUT2D eigenvalue weighted by Crippen LogP contribution is -2.23. The predicted molar refractivity (Wildman–Crippen MR) is 123 cm³/mol. The summed E-state index contributed by atoms with van der Waals surface area (Å²) in [6, 6.07) is 13.1. The summed E-state index contributed by atoms with van der Waals surface area (Å²) in [4.78, 5) is 21.7. The van der Waals surface area contributed by atoms with Gasteiger partial charge in [0.25, 0.3) is 5.91 Å². The van der Waals surface area contributed by atoms with Crippen LogP contribution in [0.3, 0.4) is 0 Å². The number of ether oxygens (including phenoxy) is 1. The minimum Gasteiger partial charge on any atom is -0.463 e. The second-order valence-electron chi connectivity index (χ2n) is 7.68. The molecule has 5 rings (SSSR count). The molecule has 8 nitrogen and oxygen atoms in total. The van der Waals surface area contributed by atoms with Crippen molar-refractivity contribution in [3.63, 3.8) is 0 Å². The van der Waals surface area contributed by atoms with Gasteiger partial charge < -0.3 is 14.5 Å². The van der Waals surface area contributed by atoms with Crippen molar-refractivity contribution in [2.75, 3.05) is 0 Å². The summed E-state index contributed by atoms with van der Waals surface area (Å²) < 4.78 is 27.2. The molecule has 1 amide bonds. The topological polar surface area (TPSA) is 95.1 Å². The number of hydrogen-bond donors (Lipinski definition) is 1. The maximum atomic E-state index is 14.6. The minimum atomic E-state index is -0.537. The maximum absolute atomic E-state index is 14.6. The number of furan rings is 1. The third-order valence-corrected chi connectivity index (χ3v) is 5.30. The van der Waals surface area contributed by atoms with Crippen LogP contribution in [0.4, 0.5) is 4.39 Å². The number of nitrogens with zero attached hydrogens (tertiary/aromatic N) is 4. The van der Waals surface area contributed by atoms with Crippen molar-refractivity contribution in [3.05, 3.63) is 89.8 Å². The van der Waals surface area contributed by atoms with Crippen molar-refractivity contribution in [1.82, 2.24) is 25.1 Å². The average molecular weight is 457 g/mol. The number of aryl methyl sites for hydroxylation is 2. The number of benzene rings is 1. The SMILES string of the molecule is Cc1nn(C)c2nc(-c3ccco3)cc(C(=O)NCc3ccc(Oc4cccnc4)c(F)c3)c12. The Bertz CT molecular complexity index is 1480. The van der Waals surface area contributed by atoms with Crippen LogP contribution >= 0.6 is 0 Å². The molecule has 0 aliphatic heterocycles. The third kappa shape index (κ3) is 4.11. The minimum absolute atomic E-state index is 0.0768. The number of carbonyl (C=O) groups excluding carboxylic acids is 1. The number of pyridine rings is 2. The molecule has 0 radical (unpaired) electrons. The quantitative estimate of drug-likeness (QED) is 0.394. The number of amides is 1. The number of rotatable bonds is 6. The lowest BCUT2D eigenvalue weighted by atomic mass is 10.1. The van der Waals surface area contributed by atoms with Crippen LogP contribution in [0.2, 0.25) is 0 Å². The maximum Gasteiger partial charge on any atom is 0.252 e. The van der Waals surface area contributed by atoms with E-state index in [-0.39, 0.29) is 18.2 Å². The Hall–Kier alpha value is -4.53. The fourth-order valence-electron chi connectivity index (χ4n) is 3.72. The van der Waals surface area contributed by atoms with Gasteiger partial charge in [0.05, 0.1) is 29.1 Å². The fourth-order valence-corrected chi connectivity index (χ4v) is 3.72. The Kier molecular flexibility index (Phi) is 5.51. The first-order valence-electron chi connectivity index (χ1n) is 10.5. The molecule has 0 saturated carbocycles. The lowest BCUT2D eigenvalue weighted by molar-refractivity contribution is 0.0952. The Morgan fingerprint density at radius 2 is 2.09 bits per heavy atom. The van der Waals surface area contributed by atoms with E-state index in [2.05, 4.69) is 20.4 Å². The second kappa shape index (κ2) is 8.78. The van der Waals surface area contributed by atoms with Gasteiger partial charge >= 0.3 is 0 Å². The molecule has 0 atom stereocenters. The molecule has 0 fully saturated rings. The Morgan fingerprint density at radius 3 is 2.82 bits per heavy atom. The van der Waals surface area contributed by atoms with Gasteiger partial charge in [-0.15, -0.1) is 0 Å². The molecule has 0 aliphatic carbocycles. The predicted octanol–water partition coefficient (Wildman–Crippen LogP) is 4.79. The first-order valence-corrected chi connectivity index (χ1v) is 10.5. The van der Waals surface area contributed by atoms with E-state index in [1.807, 2.05) is 6.92 Å². The molecular weight excluding hydrogens is 437 g/mol. The number of fused-ring (bicyclic) bond motifs is 1. The fraction of sp³-hybridized carbons (Fsp3) is 0.120. The Labute approximate surface area is 194 Å². The zero-order valence-corrected chi connectivity index (χ0v) is 18.4. The standard InChI is InChI=1S/C25H20FN5O3/c1-15-23-18(12-20(22-6-4-10-33-22)29-24(23)31(2)30-15)25(32)28-13-16-7-8-21(19(26)11-16)34-17-5-3-9-27-14-17/h3-12,14H,13H2,1-2H3,(H,28,32). The van der Waals surface area contributed by atoms with Crippen LogP contribution in [0, 0.1) is 12.7 Å². The van der Waals surface area contributed by atoms with Gasteiger partial charge in [-0.25, -0.2) is 9.37 Å². The molecule has 0 spiro atoms. The van der Waals surface area contributed by atoms with Crippen LogP contribution in [0.5, 0.6) is 11.5 Å². The van der Waals surface area contributed by atoms with Gasteiger partial charge in [-0.2, -0.15) is 5.10 Å². The lowest BCUT2D eigenvalue weighted by Gasteiger charge is -2.10. The van der Waals surface area contributed by atoms with Gasteiger partial charge in [0.2, 0.25) is 0 Å². The summed E-state index contributed by atoms with van der Waals surface area (Å²) in [7, 11) is 1.77. The molecule has 4 heterocycles. The van der Waals surface area contributed by atoms with E-state index in [0.717, 1.165) is 0 Å². The van der Waals surface area contributed by atoms with E-state index < -0.39 is 5.82 Å². The first-order chi connectivity index (χ1) is 16.5. The van der Waals surface area contributed by atoms with E-state index in [0.29, 0.717) is 45.1 Å². The third-order valence-electron chi connectivity index (χ3n) is 5.30. The molecule has 4 aromatic heterocycles. The zero-order chi connectivity index (χ0) is 23.7. The number of carbonyl (C=O) groups is 1. The second-order valence-corrected chi connectivity index (χ2v) is 7.68. The van der Waals surface area contributed by atoms with Crippen molar-refractivity contribution in [2.24, 2.45) is 7.05 Å². The Balaban J connectivity index is 1.38. The molecule has 170 valence electrons. The summed E-state index contributed by atoms with van der Waals surface area (Å²) in [6.45, 7) is 1.95. The number of nitrogens with one attached hydrogen (secondary N) is 1.